The largest absolute Gasteiger partial charge is 0.497 e. The molecule has 1 amide bonds. The molecule has 2 heterocycles. The number of ether oxygens (including phenoxy) is 2. The number of aromatic nitrogens is 3. The van der Waals surface area contributed by atoms with Gasteiger partial charge in [0.05, 0.1) is 37.5 Å². The van der Waals surface area contributed by atoms with Crippen molar-refractivity contribution < 1.29 is 23.7 Å². The van der Waals surface area contributed by atoms with Crippen molar-refractivity contribution >= 4 is 17.6 Å². The molecule has 0 aliphatic carbocycles. The van der Waals surface area contributed by atoms with E-state index in [9.17, 15) is 9.59 Å². The average molecular weight is 469 g/mol. The second-order valence-electron chi connectivity index (χ2n) is 9.04. The van der Waals surface area contributed by atoms with E-state index in [1.54, 1.807) is 11.8 Å². The highest BCUT2D eigenvalue weighted by atomic mass is 16.6. The molecule has 3 aromatic rings. The normalized spacial score (nSPS) is 11.2. The number of hydrogen-bond acceptors (Lipinski definition) is 5. The molecule has 182 valence electrons. The van der Waals surface area contributed by atoms with E-state index in [0.29, 0.717) is 42.0 Å². The van der Waals surface area contributed by atoms with Gasteiger partial charge in [0.25, 0.3) is 5.91 Å². The lowest BCUT2D eigenvalue weighted by Gasteiger charge is -2.19. The molecule has 0 radical (unpaired) electrons. The standard InChI is InChI=1S/C25H33N5O4/c1-7-19-21(23(31)27-12-16-13-28-30(5)15-16)20(29-22(19)24(32)34-25(2,3)4)14-26-17-8-10-18(33-6)11-9-17/h8-11,13,15,26H,7,12,14H2,1-6H3,(H2,27,29,31,32)/p+1. The summed E-state index contributed by atoms with van der Waals surface area (Å²) in [6.07, 6.45) is 4.22. The lowest BCUT2D eigenvalue weighted by atomic mass is 10.0. The molecule has 0 saturated carbocycles. The number of esters is 1. The molecule has 0 saturated heterocycles. The van der Waals surface area contributed by atoms with E-state index in [4.69, 9.17) is 9.47 Å². The van der Waals surface area contributed by atoms with Crippen molar-refractivity contribution in [3.63, 3.8) is 0 Å². The molecule has 34 heavy (non-hydrogen) atoms. The fraction of sp³-hybridized carbons (Fsp3) is 0.400. The van der Waals surface area contributed by atoms with Crippen LogP contribution >= 0.6 is 0 Å². The van der Waals surface area contributed by atoms with Crippen LogP contribution in [0.2, 0.25) is 0 Å². The molecule has 9 heteroatoms. The van der Waals surface area contributed by atoms with Crippen LogP contribution in [0.4, 0.5) is 5.69 Å². The number of aromatic amines is 2. The molecule has 0 aliphatic rings. The first-order valence-corrected chi connectivity index (χ1v) is 11.3. The van der Waals surface area contributed by atoms with Crippen LogP contribution in [0.3, 0.4) is 0 Å². The van der Waals surface area contributed by atoms with Gasteiger partial charge in [-0.1, -0.05) is 6.92 Å². The highest BCUT2D eigenvalue weighted by Crippen LogP contribution is 2.24. The Morgan fingerprint density at radius 2 is 1.82 bits per heavy atom. The van der Waals surface area contributed by atoms with E-state index in [1.807, 2.05) is 71.4 Å². The first-order valence-electron chi connectivity index (χ1n) is 11.3. The zero-order valence-electron chi connectivity index (χ0n) is 20.7. The minimum Gasteiger partial charge on any atom is -0.497 e. The number of methoxy groups -OCH3 is 1. The van der Waals surface area contributed by atoms with Crippen LogP contribution in [0, 0.1) is 0 Å². The molecule has 9 nitrogen and oxygen atoms in total. The van der Waals surface area contributed by atoms with Gasteiger partial charge in [0.2, 0.25) is 0 Å². The third kappa shape index (κ3) is 6.18. The van der Waals surface area contributed by atoms with Gasteiger partial charge in [-0.2, -0.15) is 5.10 Å². The van der Waals surface area contributed by atoms with Gasteiger partial charge in [0.1, 0.15) is 17.0 Å². The lowest BCUT2D eigenvalue weighted by molar-refractivity contribution is -0.727. The maximum absolute atomic E-state index is 13.3. The summed E-state index contributed by atoms with van der Waals surface area (Å²) >= 11 is 0. The number of carbonyl (C=O) groups is 2. The number of benzene rings is 1. The van der Waals surface area contributed by atoms with E-state index in [0.717, 1.165) is 17.0 Å². The highest BCUT2D eigenvalue weighted by molar-refractivity contribution is 6.01. The van der Waals surface area contributed by atoms with Crippen LogP contribution in [0.1, 0.15) is 65.4 Å². The molecule has 0 aliphatic heterocycles. The smallest absolute Gasteiger partial charge is 0.355 e. The van der Waals surface area contributed by atoms with E-state index in [2.05, 4.69) is 20.7 Å². The second-order valence-corrected chi connectivity index (χ2v) is 9.04. The molecule has 0 atom stereocenters. The number of nitrogens with one attached hydrogen (secondary N) is 4. The van der Waals surface area contributed by atoms with Gasteiger partial charge in [-0.05, 0) is 57.0 Å². The van der Waals surface area contributed by atoms with Crippen molar-refractivity contribution in [1.82, 2.24) is 15.4 Å². The van der Waals surface area contributed by atoms with Crippen molar-refractivity contribution in [3.05, 3.63) is 64.7 Å². The highest BCUT2D eigenvalue weighted by Gasteiger charge is 2.28. The monoisotopic (exact) mass is 468 g/mol. The van der Waals surface area contributed by atoms with Gasteiger partial charge in [-0.3, -0.25) is 4.79 Å². The molecule has 0 bridgehead atoms. The number of aryl methyl sites for hydroxylation is 1. The van der Waals surface area contributed by atoms with Crippen LogP contribution in [0.25, 0.3) is 0 Å². The number of anilines is 1. The fourth-order valence-corrected chi connectivity index (χ4v) is 3.63. The molecule has 0 unspecified atom stereocenters. The fourth-order valence-electron chi connectivity index (χ4n) is 3.63. The number of amides is 1. The van der Waals surface area contributed by atoms with Crippen LogP contribution < -0.4 is 20.1 Å². The minimum absolute atomic E-state index is 0.252. The Hall–Kier alpha value is -3.75. The van der Waals surface area contributed by atoms with Gasteiger partial charge >= 0.3 is 5.97 Å². The Kier molecular flexibility index (Phi) is 7.65. The van der Waals surface area contributed by atoms with E-state index in [1.165, 1.54) is 0 Å². The van der Waals surface area contributed by atoms with Crippen molar-refractivity contribution in [2.24, 2.45) is 7.05 Å². The Balaban J connectivity index is 1.89. The summed E-state index contributed by atoms with van der Waals surface area (Å²) in [6, 6.07) is 7.49. The lowest BCUT2D eigenvalue weighted by Crippen LogP contribution is -2.29. The quantitative estimate of drug-likeness (QED) is 0.285. The van der Waals surface area contributed by atoms with Crippen molar-refractivity contribution in [3.8, 4) is 5.75 Å². The topological polar surface area (TPSA) is 112 Å². The average Bonchev–Trinajstić information content (AvgIpc) is 3.38. The number of nitrogens with zero attached hydrogens (tertiary/aromatic N) is 1. The first kappa shape index (κ1) is 24.9. The molecule has 1 aromatic carbocycles. The second kappa shape index (κ2) is 10.5. The first-order chi connectivity index (χ1) is 16.1. The zero-order chi connectivity index (χ0) is 24.9. The maximum atomic E-state index is 13.3. The van der Waals surface area contributed by atoms with Gasteiger partial charge < -0.3 is 25.1 Å². The number of H-pyrrole nitrogens is 2. The van der Waals surface area contributed by atoms with Crippen molar-refractivity contribution in [1.29, 1.82) is 0 Å². The van der Waals surface area contributed by atoms with Crippen molar-refractivity contribution in [2.45, 2.75) is 52.8 Å². The summed E-state index contributed by atoms with van der Waals surface area (Å²) in [5.41, 5.74) is 3.17. The third-order valence-corrected chi connectivity index (χ3v) is 5.19. The van der Waals surface area contributed by atoms with Crippen LogP contribution in [0.5, 0.6) is 5.75 Å². The third-order valence-electron chi connectivity index (χ3n) is 5.19. The zero-order valence-corrected chi connectivity index (χ0v) is 20.7. The molecule has 0 spiro atoms. The predicted octanol–water partition coefficient (Wildman–Crippen LogP) is 3.24. The summed E-state index contributed by atoms with van der Waals surface area (Å²) in [6.45, 7) is 8.05. The maximum Gasteiger partial charge on any atom is 0.355 e. The van der Waals surface area contributed by atoms with E-state index < -0.39 is 11.6 Å². The summed E-state index contributed by atoms with van der Waals surface area (Å²) in [7, 11) is 3.49. The predicted molar refractivity (Wildman–Crippen MR) is 129 cm³/mol. The van der Waals surface area contributed by atoms with E-state index >= 15 is 0 Å². The number of carbonyl (C=O) groups excluding carboxylic acids is 2. The Bertz CT molecular complexity index is 1140. The van der Waals surface area contributed by atoms with Crippen LogP contribution in [-0.4, -0.2) is 34.7 Å². The summed E-state index contributed by atoms with van der Waals surface area (Å²) in [4.78, 5) is 29.4. The van der Waals surface area contributed by atoms with Crippen molar-refractivity contribution in [2.75, 3.05) is 12.4 Å². The molecule has 4 N–H and O–H groups in total. The minimum atomic E-state index is -0.652. The van der Waals surface area contributed by atoms with Gasteiger partial charge in [0, 0.05) is 11.4 Å². The molecule has 3 rings (SSSR count). The number of rotatable bonds is 9. The summed E-state index contributed by atoms with van der Waals surface area (Å²) in [5, 5.41) is 9.31. The Morgan fingerprint density at radius 1 is 1.12 bits per heavy atom. The SMILES string of the molecule is CCc1c(C(=O)OC(C)(C)C)[nH]c(CNc2ccc(OC)cc2)c1C(=O)NCc1c[nH][n+](C)c1. The Labute approximate surface area is 199 Å². The molecular weight excluding hydrogens is 434 g/mol. The summed E-state index contributed by atoms with van der Waals surface area (Å²) in [5.74, 6) is 0.0224. The van der Waals surface area contributed by atoms with Crippen LogP contribution in [0.15, 0.2) is 36.7 Å². The number of hydrogen-bond donors (Lipinski definition) is 4. The summed E-state index contributed by atoms with van der Waals surface area (Å²) < 4.78 is 12.6. The molecular formula is C25H34N5O4+. The van der Waals surface area contributed by atoms with Gasteiger partial charge in [0.15, 0.2) is 13.2 Å². The van der Waals surface area contributed by atoms with Crippen LogP contribution in [-0.2, 0) is 31.3 Å². The molecule has 2 aromatic heterocycles. The van der Waals surface area contributed by atoms with Gasteiger partial charge in [-0.15, -0.1) is 4.68 Å². The molecule has 0 fully saturated rings. The van der Waals surface area contributed by atoms with Gasteiger partial charge in [-0.25, -0.2) is 4.79 Å². The Morgan fingerprint density at radius 3 is 2.38 bits per heavy atom. The van der Waals surface area contributed by atoms with E-state index in [-0.39, 0.29) is 5.91 Å².